The van der Waals surface area contributed by atoms with Crippen LogP contribution < -0.4 is 0 Å². The summed E-state index contributed by atoms with van der Waals surface area (Å²) < 4.78 is 5.11. The number of aryl methyl sites for hydroxylation is 1. The molecule has 2 rings (SSSR count). The van der Waals surface area contributed by atoms with Crippen molar-refractivity contribution < 1.29 is 19.4 Å². The van der Waals surface area contributed by atoms with Crippen molar-refractivity contribution in [3.63, 3.8) is 0 Å². The minimum atomic E-state index is -0.479. The molecular formula is C19H17BrN2O4. The summed E-state index contributed by atoms with van der Waals surface area (Å²) in [5.74, 6) is -1.22. The number of carbonyl (C=O) groups excluding carboxylic acids is 2. The van der Waals surface area contributed by atoms with Gasteiger partial charge < -0.3 is 9.84 Å². The smallest absolute Gasteiger partial charge is 0.306 e. The van der Waals surface area contributed by atoms with Crippen molar-refractivity contribution in [3.8, 4) is 23.1 Å². The average Bonchev–Trinajstić information content (AvgIpc) is 2.62. The van der Waals surface area contributed by atoms with Gasteiger partial charge in [-0.25, -0.2) is 4.98 Å². The molecule has 0 unspecified atom stereocenters. The number of benzene rings is 1. The second-order valence-corrected chi connectivity index (χ2v) is 6.41. The number of rotatable bonds is 6. The van der Waals surface area contributed by atoms with Gasteiger partial charge in [-0.15, -0.1) is 0 Å². The Balaban J connectivity index is 2.39. The molecule has 0 spiro atoms. The largest absolute Gasteiger partial charge is 0.504 e. The fourth-order valence-electron chi connectivity index (χ4n) is 2.37. The second-order valence-electron chi connectivity index (χ2n) is 5.56. The Hall–Kier alpha value is -2.72. The van der Waals surface area contributed by atoms with Gasteiger partial charge in [-0.3, -0.25) is 9.59 Å². The van der Waals surface area contributed by atoms with Crippen molar-refractivity contribution in [2.45, 2.75) is 26.7 Å². The number of Topliss-reactive ketones (excluding diaryl/α,β-unsaturated/α-hetero) is 1. The van der Waals surface area contributed by atoms with Crippen LogP contribution in [0.2, 0.25) is 0 Å². The van der Waals surface area contributed by atoms with Crippen LogP contribution in [0.1, 0.15) is 41.4 Å². The standard InChI is InChI=1S/C19H17BrN2O4/c1-3-26-17(24)7-6-16(23)18-19(25)14(20)9-15(22-18)13-8-12(10-21)5-4-11(13)2/h4-5,8-9,25H,3,6-7H2,1-2H3. The maximum Gasteiger partial charge on any atom is 0.306 e. The van der Waals surface area contributed by atoms with Crippen LogP contribution in [0.4, 0.5) is 0 Å². The number of hydrogen-bond donors (Lipinski definition) is 1. The maximum absolute atomic E-state index is 12.4. The Morgan fingerprint density at radius 3 is 2.69 bits per heavy atom. The summed E-state index contributed by atoms with van der Waals surface area (Å²) in [7, 11) is 0. The second kappa shape index (κ2) is 8.59. The van der Waals surface area contributed by atoms with Gasteiger partial charge >= 0.3 is 5.97 Å². The van der Waals surface area contributed by atoms with Gasteiger partial charge in [-0.1, -0.05) is 6.07 Å². The van der Waals surface area contributed by atoms with Crippen molar-refractivity contribution in [2.24, 2.45) is 0 Å². The molecule has 1 heterocycles. The Kier molecular flexibility index (Phi) is 6.47. The minimum absolute atomic E-state index is 0.0847. The molecule has 1 aromatic heterocycles. The number of ketones is 1. The lowest BCUT2D eigenvalue weighted by Crippen LogP contribution is -2.10. The van der Waals surface area contributed by atoms with E-state index in [0.717, 1.165) is 5.56 Å². The zero-order valence-corrected chi connectivity index (χ0v) is 16.0. The first-order valence-electron chi connectivity index (χ1n) is 7.96. The summed E-state index contributed by atoms with van der Waals surface area (Å²) in [4.78, 5) is 28.1. The molecule has 6 nitrogen and oxygen atoms in total. The monoisotopic (exact) mass is 416 g/mol. The molecule has 0 fully saturated rings. The fourth-order valence-corrected chi connectivity index (χ4v) is 2.78. The molecule has 1 N–H and O–H groups in total. The van der Waals surface area contributed by atoms with E-state index in [1.165, 1.54) is 0 Å². The summed E-state index contributed by atoms with van der Waals surface area (Å²) >= 11 is 3.23. The highest BCUT2D eigenvalue weighted by Gasteiger charge is 2.20. The molecule has 0 saturated heterocycles. The molecule has 0 aliphatic heterocycles. The lowest BCUT2D eigenvalue weighted by atomic mass is 10.0. The average molecular weight is 417 g/mol. The van der Waals surface area contributed by atoms with Crippen molar-refractivity contribution >= 4 is 27.7 Å². The molecular weight excluding hydrogens is 400 g/mol. The van der Waals surface area contributed by atoms with Crippen LogP contribution in [0.25, 0.3) is 11.3 Å². The van der Waals surface area contributed by atoms with Crippen LogP contribution in [0.3, 0.4) is 0 Å². The predicted octanol–water partition coefficient (Wildman–Crippen LogP) is 3.92. The molecule has 2 aromatic rings. The van der Waals surface area contributed by atoms with Gasteiger partial charge in [-0.05, 0) is 53.5 Å². The highest BCUT2D eigenvalue weighted by molar-refractivity contribution is 9.10. The molecule has 26 heavy (non-hydrogen) atoms. The van der Waals surface area contributed by atoms with E-state index >= 15 is 0 Å². The van der Waals surface area contributed by atoms with Crippen LogP contribution in [0.5, 0.6) is 5.75 Å². The number of aromatic nitrogens is 1. The van der Waals surface area contributed by atoms with E-state index in [9.17, 15) is 14.7 Å². The van der Waals surface area contributed by atoms with Crippen molar-refractivity contribution in [1.29, 1.82) is 5.26 Å². The van der Waals surface area contributed by atoms with Gasteiger partial charge in [-0.2, -0.15) is 5.26 Å². The van der Waals surface area contributed by atoms with E-state index in [2.05, 4.69) is 27.0 Å². The lowest BCUT2D eigenvalue weighted by Gasteiger charge is -2.11. The number of carbonyl (C=O) groups is 2. The molecule has 1 aromatic carbocycles. The first-order valence-corrected chi connectivity index (χ1v) is 8.76. The molecule has 0 radical (unpaired) electrons. The summed E-state index contributed by atoms with van der Waals surface area (Å²) in [5, 5.41) is 19.3. The lowest BCUT2D eigenvalue weighted by molar-refractivity contribution is -0.143. The summed E-state index contributed by atoms with van der Waals surface area (Å²) in [6.45, 7) is 3.79. The molecule has 134 valence electrons. The topological polar surface area (TPSA) is 100 Å². The Labute approximate surface area is 159 Å². The van der Waals surface area contributed by atoms with E-state index in [4.69, 9.17) is 10.00 Å². The quantitative estimate of drug-likeness (QED) is 0.565. The Bertz CT molecular complexity index is 903. The van der Waals surface area contributed by atoms with Crippen LogP contribution in [0.15, 0.2) is 28.7 Å². The number of halogens is 1. The van der Waals surface area contributed by atoms with Crippen molar-refractivity contribution in [2.75, 3.05) is 6.61 Å². The third-order valence-corrected chi connectivity index (χ3v) is 4.32. The summed E-state index contributed by atoms with van der Waals surface area (Å²) in [6, 6.07) is 8.81. The highest BCUT2D eigenvalue weighted by atomic mass is 79.9. The molecule has 0 bridgehead atoms. The third-order valence-electron chi connectivity index (χ3n) is 3.71. The normalized spacial score (nSPS) is 10.2. The van der Waals surface area contributed by atoms with E-state index in [1.54, 1.807) is 31.2 Å². The van der Waals surface area contributed by atoms with Gasteiger partial charge in [0.1, 0.15) is 5.69 Å². The molecule has 0 amide bonds. The van der Waals surface area contributed by atoms with Gasteiger partial charge in [0.05, 0.1) is 34.8 Å². The van der Waals surface area contributed by atoms with Gasteiger partial charge in [0.15, 0.2) is 11.5 Å². The highest BCUT2D eigenvalue weighted by Crippen LogP contribution is 2.33. The maximum atomic E-state index is 12.4. The SMILES string of the molecule is CCOC(=O)CCC(=O)c1nc(-c2cc(C#N)ccc2C)cc(Br)c1O. The number of nitrogens with zero attached hydrogens (tertiary/aromatic N) is 2. The molecule has 7 heteroatoms. The zero-order valence-electron chi connectivity index (χ0n) is 14.4. The third kappa shape index (κ3) is 4.46. The van der Waals surface area contributed by atoms with E-state index in [1.807, 2.05) is 6.92 Å². The van der Waals surface area contributed by atoms with Crippen LogP contribution >= 0.6 is 15.9 Å². The fraction of sp³-hybridized carbons (Fsp3) is 0.263. The Morgan fingerprint density at radius 1 is 1.31 bits per heavy atom. The van der Waals surface area contributed by atoms with Crippen LogP contribution in [-0.4, -0.2) is 28.4 Å². The summed E-state index contributed by atoms with van der Waals surface area (Å²) in [5.41, 5.74) is 2.35. The number of ether oxygens (including phenoxy) is 1. The molecule has 0 atom stereocenters. The van der Waals surface area contributed by atoms with Crippen molar-refractivity contribution in [1.82, 2.24) is 4.98 Å². The number of esters is 1. The number of aromatic hydroxyl groups is 1. The molecule has 0 aliphatic carbocycles. The predicted molar refractivity (Wildman–Crippen MR) is 98.7 cm³/mol. The van der Waals surface area contributed by atoms with Gasteiger partial charge in [0, 0.05) is 12.0 Å². The molecule has 0 aliphatic rings. The van der Waals surface area contributed by atoms with Gasteiger partial charge in [0.25, 0.3) is 0 Å². The first-order chi connectivity index (χ1) is 12.4. The van der Waals surface area contributed by atoms with E-state index < -0.39 is 11.8 Å². The van der Waals surface area contributed by atoms with Crippen LogP contribution in [0, 0.1) is 18.3 Å². The summed E-state index contributed by atoms with van der Waals surface area (Å²) in [6.07, 6.45) is -0.203. The minimum Gasteiger partial charge on any atom is -0.504 e. The van der Waals surface area contributed by atoms with Crippen molar-refractivity contribution in [3.05, 3.63) is 45.6 Å². The Morgan fingerprint density at radius 2 is 2.04 bits per heavy atom. The van der Waals surface area contributed by atoms with Crippen LogP contribution in [-0.2, 0) is 9.53 Å². The zero-order chi connectivity index (χ0) is 19.3. The van der Waals surface area contributed by atoms with E-state index in [0.29, 0.717) is 21.3 Å². The number of nitriles is 1. The van der Waals surface area contributed by atoms with Gasteiger partial charge in [0.2, 0.25) is 0 Å². The first kappa shape index (κ1) is 19.6. The van der Waals surface area contributed by atoms with E-state index in [-0.39, 0.29) is 30.9 Å². The number of hydrogen-bond acceptors (Lipinski definition) is 6. The number of pyridine rings is 1. The molecule has 0 saturated carbocycles.